The molecule has 1 aliphatic rings. The highest BCUT2D eigenvalue weighted by Crippen LogP contribution is 2.27. The molecule has 1 aliphatic heterocycles. The third-order valence-corrected chi connectivity index (χ3v) is 3.52. The Kier molecular flexibility index (Phi) is 3.47. The number of aromatic carboxylic acids is 1. The zero-order valence-electron chi connectivity index (χ0n) is 10.3. The van der Waals surface area contributed by atoms with Gasteiger partial charge >= 0.3 is 5.97 Å². The van der Waals surface area contributed by atoms with Crippen molar-refractivity contribution in [2.45, 2.75) is 38.6 Å². The van der Waals surface area contributed by atoms with Crippen molar-refractivity contribution in [2.75, 3.05) is 13.1 Å². The lowest BCUT2D eigenvalue weighted by Crippen LogP contribution is -2.37. The smallest absolute Gasteiger partial charge is 0.356 e. The molecular formula is C12H19N3O2. The van der Waals surface area contributed by atoms with Gasteiger partial charge in [-0.25, -0.2) is 4.79 Å². The van der Waals surface area contributed by atoms with E-state index < -0.39 is 5.97 Å². The van der Waals surface area contributed by atoms with Gasteiger partial charge in [0.1, 0.15) is 0 Å². The molecule has 2 heterocycles. The molecule has 1 aromatic rings. The fourth-order valence-electron chi connectivity index (χ4n) is 2.38. The Bertz CT molecular complexity index is 392. The van der Waals surface area contributed by atoms with Gasteiger partial charge in [0.05, 0.1) is 0 Å². The van der Waals surface area contributed by atoms with Gasteiger partial charge in [-0.15, -0.1) is 0 Å². The summed E-state index contributed by atoms with van der Waals surface area (Å²) in [5, 5.41) is 15.5. The quantitative estimate of drug-likeness (QED) is 0.839. The minimum atomic E-state index is -0.966. The van der Waals surface area contributed by atoms with Crippen LogP contribution in [0.1, 0.15) is 48.8 Å². The largest absolute Gasteiger partial charge is 0.476 e. The maximum absolute atomic E-state index is 10.7. The highest BCUT2D eigenvalue weighted by molar-refractivity contribution is 5.85. The second kappa shape index (κ2) is 4.87. The molecule has 0 atom stereocenters. The molecule has 5 heteroatoms. The first-order valence-corrected chi connectivity index (χ1v) is 6.10. The van der Waals surface area contributed by atoms with Crippen LogP contribution in [0.15, 0.2) is 6.07 Å². The lowest BCUT2D eigenvalue weighted by atomic mass is 9.93. The van der Waals surface area contributed by atoms with E-state index in [9.17, 15) is 4.79 Å². The zero-order chi connectivity index (χ0) is 12.4. The lowest BCUT2D eigenvalue weighted by molar-refractivity contribution is 0.0690. The van der Waals surface area contributed by atoms with E-state index in [2.05, 4.69) is 28.9 Å². The van der Waals surface area contributed by atoms with E-state index in [1.165, 1.54) is 0 Å². The van der Waals surface area contributed by atoms with E-state index in [1.807, 2.05) is 0 Å². The van der Waals surface area contributed by atoms with Crippen molar-refractivity contribution in [1.29, 1.82) is 0 Å². The van der Waals surface area contributed by atoms with Crippen molar-refractivity contribution in [3.05, 3.63) is 17.5 Å². The Morgan fingerprint density at radius 3 is 2.65 bits per heavy atom. The van der Waals surface area contributed by atoms with Crippen molar-refractivity contribution >= 4 is 5.97 Å². The summed E-state index contributed by atoms with van der Waals surface area (Å²) >= 11 is 0. The molecule has 0 saturated carbocycles. The molecule has 94 valence electrons. The Labute approximate surface area is 101 Å². The topological polar surface area (TPSA) is 69.2 Å². The summed E-state index contributed by atoms with van der Waals surface area (Å²) < 4.78 is 0. The monoisotopic (exact) mass is 237 g/mol. The van der Waals surface area contributed by atoms with E-state index >= 15 is 0 Å². The number of carboxylic acid groups (broad SMARTS) is 1. The second-order valence-electron chi connectivity index (χ2n) is 4.92. The predicted octanol–water partition coefficient (Wildman–Crippen LogP) is 1.70. The van der Waals surface area contributed by atoms with Gasteiger partial charge in [-0.2, -0.15) is 5.10 Å². The number of H-pyrrole nitrogens is 1. The van der Waals surface area contributed by atoms with Gasteiger partial charge in [0.25, 0.3) is 0 Å². The first-order chi connectivity index (χ1) is 8.08. The van der Waals surface area contributed by atoms with Crippen LogP contribution in [0, 0.1) is 0 Å². The average Bonchev–Trinajstić information content (AvgIpc) is 2.78. The minimum Gasteiger partial charge on any atom is -0.476 e. The van der Waals surface area contributed by atoms with Crippen LogP contribution in [0.5, 0.6) is 0 Å². The number of carbonyl (C=O) groups is 1. The van der Waals surface area contributed by atoms with Crippen molar-refractivity contribution in [3.8, 4) is 0 Å². The average molecular weight is 237 g/mol. The summed E-state index contributed by atoms with van der Waals surface area (Å²) in [5.74, 6) is -0.544. The molecule has 0 radical (unpaired) electrons. The van der Waals surface area contributed by atoms with Gasteiger partial charge in [-0.3, -0.25) is 5.10 Å². The third-order valence-electron chi connectivity index (χ3n) is 3.52. The van der Waals surface area contributed by atoms with Crippen molar-refractivity contribution < 1.29 is 9.90 Å². The summed E-state index contributed by atoms with van der Waals surface area (Å²) in [6.07, 6.45) is 2.14. The first kappa shape index (κ1) is 12.1. The summed E-state index contributed by atoms with van der Waals surface area (Å²) in [6.45, 7) is 6.56. The number of aromatic amines is 1. The van der Waals surface area contributed by atoms with Crippen LogP contribution in [0.25, 0.3) is 0 Å². The fourth-order valence-corrected chi connectivity index (χ4v) is 2.38. The Morgan fingerprint density at radius 1 is 1.53 bits per heavy atom. The van der Waals surface area contributed by atoms with Crippen LogP contribution in [-0.4, -0.2) is 45.3 Å². The SMILES string of the molecule is CC(C)N1CCC(c2cc(C(=O)O)n[nH]2)CC1. The molecule has 0 unspecified atom stereocenters. The molecule has 2 rings (SSSR count). The maximum Gasteiger partial charge on any atom is 0.356 e. The zero-order valence-corrected chi connectivity index (χ0v) is 10.3. The summed E-state index contributed by atoms with van der Waals surface area (Å²) in [6, 6.07) is 2.25. The van der Waals surface area contributed by atoms with E-state index in [1.54, 1.807) is 6.07 Å². The lowest BCUT2D eigenvalue weighted by Gasteiger charge is -2.34. The summed E-state index contributed by atoms with van der Waals surface area (Å²) in [5.41, 5.74) is 1.08. The molecule has 5 nitrogen and oxygen atoms in total. The van der Waals surface area contributed by atoms with Crippen LogP contribution in [0.4, 0.5) is 0 Å². The number of hydrogen-bond acceptors (Lipinski definition) is 3. The van der Waals surface area contributed by atoms with Gasteiger partial charge in [0.15, 0.2) is 5.69 Å². The van der Waals surface area contributed by atoms with Gasteiger partial charge in [0.2, 0.25) is 0 Å². The fraction of sp³-hybridized carbons (Fsp3) is 0.667. The molecule has 0 spiro atoms. The molecule has 0 aliphatic carbocycles. The highest BCUT2D eigenvalue weighted by atomic mass is 16.4. The van der Waals surface area contributed by atoms with Crippen LogP contribution >= 0.6 is 0 Å². The molecule has 17 heavy (non-hydrogen) atoms. The molecular weight excluding hydrogens is 218 g/mol. The number of piperidine rings is 1. The van der Waals surface area contributed by atoms with Crippen LogP contribution in [0.3, 0.4) is 0 Å². The van der Waals surface area contributed by atoms with E-state index in [0.29, 0.717) is 12.0 Å². The number of likely N-dealkylation sites (tertiary alicyclic amines) is 1. The summed E-state index contributed by atoms with van der Waals surface area (Å²) in [7, 11) is 0. The van der Waals surface area contributed by atoms with Crippen LogP contribution < -0.4 is 0 Å². The molecule has 2 N–H and O–H groups in total. The van der Waals surface area contributed by atoms with E-state index in [4.69, 9.17) is 5.11 Å². The molecule has 1 saturated heterocycles. The van der Waals surface area contributed by atoms with Crippen LogP contribution in [0.2, 0.25) is 0 Å². The molecule has 0 amide bonds. The van der Waals surface area contributed by atoms with Crippen LogP contribution in [-0.2, 0) is 0 Å². The molecule has 1 fully saturated rings. The molecule has 0 aromatic carbocycles. The Hall–Kier alpha value is -1.36. The number of hydrogen-bond donors (Lipinski definition) is 2. The van der Waals surface area contributed by atoms with Crippen molar-refractivity contribution in [2.24, 2.45) is 0 Å². The van der Waals surface area contributed by atoms with E-state index in [-0.39, 0.29) is 5.69 Å². The Balaban J connectivity index is 1.98. The number of carboxylic acids is 1. The second-order valence-corrected chi connectivity index (χ2v) is 4.92. The number of aromatic nitrogens is 2. The number of nitrogens with one attached hydrogen (secondary N) is 1. The van der Waals surface area contributed by atoms with Gasteiger partial charge in [-0.05, 0) is 45.8 Å². The standard InChI is InChI=1S/C12H19N3O2/c1-8(2)15-5-3-9(4-6-15)10-7-11(12(16)17)14-13-10/h7-9H,3-6H2,1-2H3,(H,13,14)(H,16,17). The molecule has 1 aromatic heterocycles. The predicted molar refractivity (Wildman–Crippen MR) is 64.2 cm³/mol. The highest BCUT2D eigenvalue weighted by Gasteiger charge is 2.24. The number of nitrogens with zero attached hydrogens (tertiary/aromatic N) is 2. The van der Waals surface area contributed by atoms with Gasteiger partial charge in [0, 0.05) is 17.7 Å². The van der Waals surface area contributed by atoms with Gasteiger partial charge in [-0.1, -0.05) is 0 Å². The van der Waals surface area contributed by atoms with Crippen molar-refractivity contribution in [3.63, 3.8) is 0 Å². The maximum atomic E-state index is 10.7. The summed E-state index contributed by atoms with van der Waals surface area (Å²) in [4.78, 5) is 13.2. The third kappa shape index (κ3) is 2.66. The van der Waals surface area contributed by atoms with Crippen molar-refractivity contribution in [1.82, 2.24) is 15.1 Å². The normalized spacial score (nSPS) is 18.8. The number of rotatable bonds is 3. The van der Waals surface area contributed by atoms with Gasteiger partial charge < -0.3 is 10.0 Å². The first-order valence-electron chi connectivity index (χ1n) is 6.10. The Morgan fingerprint density at radius 2 is 2.18 bits per heavy atom. The minimum absolute atomic E-state index is 0.117. The van der Waals surface area contributed by atoms with E-state index in [0.717, 1.165) is 31.6 Å². The molecule has 0 bridgehead atoms.